The van der Waals surface area contributed by atoms with E-state index in [4.69, 9.17) is 5.73 Å². The van der Waals surface area contributed by atoms with Gasteiger partial charge in [0.25, 0.3) is 6.08 Å². The number of nitrogens with zero attached hydrogens (tertiary/aromatic N) is 2. The maximum atomic E-state index is 13.1. The van der Waals surface area contributed by atoms with Crippen LogP contribution in [0.15, 0.2) is 16.6 Å². The van der Waals surface area contributed by atoms with Crippen LogP contribution in [0.2, 0.25) is 0 Å². The lowest BCUT2D eigenvalue weighted by molar-refractivity contribution is 0.480. The van der Waals surface area contributed by atoms with Gasteiger partial charge >= 0.3 is 0 Å². The Morgan fingerprint density at radius 2 is 2.14 bits per heavy atom. The van der Waals surface area contributed by atoms with Gasteiger partial charge in [-0.3, -0.25) is 4.57 Å². The lowest BCUT2D eigenvalue weighted by Crippen LogP contribution is -2.09. The molecule has 14 heavy (non-hydrogen) atoms. The molecule has 0 spiro atoms. The molecule has 0 radical (unpaired) electrons. The van der Waals surface area contributed by atoms with Gasteiger partial charge in [0.15, 0.2) is 0 Å². The Morgan fingerprint density at radius 3 is 2.79 bits per heavy atom. The van der Waals surface area contributed by atoms with Crippen molar-refractivity contribution < 1.29 is 8.78 Å². The van der Waals surface area contributed by atoms with Crippen LogP contribution in [-0.2, 0) is 6.67 Å². The minimum atomic E-state index is -0.714. The summed E-state index contributed by atoms with van der Waals surface area (Å²) < 4.78 is 27.6. The first-order valence-corrected chi connectivity index (χ1v) is 4.63. The minimum absolute atomic E-state index is 0.0712. The van der Waals surface area contributed by atoms with Crippen LogP contribution in [0.25, 0.3) is 11.0 Å². The van der Waals surface area contributed by atoms with Gasteiger partial charge < -0.3 is 5.73 Å². The van der Waals surface area contributed by atoms with Crippen LogP contribution in [0, 0.1) is 11.9 Å². The zero-order valence-electron chi connectivity index (χ0n) is 6.97. The lowest BCUT2D eigenvalue weighted by Gasteiger charge is -1.99. The summed E-state index contributed by atoms with van der Waals surface area (Å²) in [6.07, 6.45) is -0.714. The Bertz CT molecular complexity index is 495. The second kappa shape index (κ2) is 3.29. The molecule has 2 N–H and O–H groups in total. The zero-order chi connectivity index (χ0) is 10.3. The Hall–Kier alpha value is -1.01. The third kappa shape index (κ3) is 1.31. The highest BCUT2D eigenvalue weighted by Gasteiger charge is 2.12. The van der Waals surface area contributed by atoms with Gasteiger partial charge in [-0.25, -0.2) is 9.37 Å². The molecule has 1 aromatic heterocycles. The molecular weight excluding hydrogens is 256 g/mol. The number of rotatable bonds is 1. The van der Waals surface area contributed by atoms with Gasteiger partial charge in [-0.15, -0.1) is 0 Å². The van der Waals surface area contributed by atoms with Crippen LogP contribution >= 0.6 is 15.9 Å². The summed E-state index contributed by atoms with van der Waals surface area (Å²) in [6.45, 7) is -0.0712. The van der Waals surface area contributed by atoms with Crippen molar-refractivity contribution >= 4 is 27.0 Å². The van der Waals surface area contributed by atoms with Gasteiger partial charge in [0.2, 0.25) is 0 Å². The molecule has 0 aliphatic heterocycles. The summed E-state index contributed by atoms with van der Waals surface area (Å²) in [5.74, 6) is -0.459. The molecule has 0 fully saturated rings. The van der Waals surface area contributed by atoms with Crippen molar-refractivity contribution in [3.63, 3.8) is 0 Å². The summed E-state index contributed by atoms with van der Waals surface area (Å²) in [6, 6.07) is 2.43. The summed E-state index contributed by atoms with van der Waals surface area (Å²) in [7, 11) is 0. The third-order valence-electron chi connectivity index (χ3n) is 1.91. The normalized spacial score (nSPS) is 11.1. The minimum Gasteiger partial charge on any atom is -0.313 e. The van der Waals surface area contributed by atoms with Crippen LogP contribution in [-0.4, -0.2) is 9.55 Å². The Kier molecular flexibility index (Phi) is 2.24. The Balaban J connectivity index is 2.87. The van der Waals surface area contributed by atoms with Crippen molar-refractivity contribution in [1.29, 1.82) is 0 Å². The number of fused-ring (bicyclic) bond motifs is 1. The van der Waals surface area contributed by atoms with E-state index in [2.05, 4.69) is 20.9 Å². The summed E-state index contributed by atoms with van der Waals surface area (Å²) in [5, 5.41) is 0. The smallest absolute Gasteiger partial charge is 0.291 e. The molecule has 0 amide bonds. The van der Waals surface area contributed by atoms with Crippen molar-refractivity contribution in [3.8, 4) is 0 Å². The van der Waals surface area contributed by atoms with Gasteiger partial charge in [-0.2, -0.15) is 4.39 Å². The monoisotopic (exact) mass is 261 g/mol. The van der Waals surface area contributed by atoms with Crippen molar-refractivity contribution in [2.75, 3.05) is 0 Å². The number of aromatic nitrogens is 2. The molecule has 0 aliphatic carbocycles. The highest BCUT2D eigenvalue weighted by atomic mass is 79.9. The van der Waals surface area contributed by atoms with E-state index in [1.165, 1.54) is 12.1 Å². The molecule has 1 heterocycles. The maximum Gasteiger partial charge on any atom is 0.291 e. The molecule has 74 valence electrons. The van der Waals surface area contributed by atoms with Crippen LogP contribution in [0.3, 0.4) is 0 Å². The van der Waals surface area contributed by atoms with E-state index >= 15 is 0 Å². The van der Waals surface area contributed by atoms with Crippen LogP contribution < -0.4 is 5.73 Å². The van der Waals surface area contributed by atoms with Crippen LogP contribution in [0.4, 0.5) is 8.78 Å². The fourth-order valence-electron chi connectivity index (χ4n) is 1.29. The summed E-state index contributed by atoms with van der Waals surface area (Å²) >= 11 is 3.10. The number of hydrogen-bond acceptors (Lipinski definition) is 2. The van der Waals surface area contributed by atoms with Gasteiger partial charge in [0.1, 0.15) is 11.3 Å². The van der Waals surface area contributed by atoms with Gasteiger partial charge in [0.05, 0.1) is 12.2 Å². The molecule has 0 atom stereocenters. The molecule has 2 aromatic rings. The number of benzene rings is 1. The second-order valence-corrected chi connectivity index (χ2v) is 3.60. The molecule has 0 bridgehead atoms. The fraction of sp³-hybridized carbons (Fsp3) is 0.125. The quantitative estimate of drug-likeness (QED) is 0.854. The van der Waals surface area contributed by atoms with Crippen molar-refractivity contribution in [3.05, 3.63) is 28.5 Å². The van der Waals surface area contributed by atoms with Gasteiger partial charge in [-0.05, 0) is 28.1 Å². The van der Waals surface area contributed by atoms with Crippen molar-refractivity contribution in [2.45, 2.75) is 6.67 Å². The standard InChI is InChI=1S/C8H6BrF2N3/c9-5-1-4(10)2-6-7(5)13-8(11)14(6)3-12/h1-2H,3,12H2. The number of halogens is 3. The van der Waals surface area contributed by atoms with E-state index in [-0.39, 0.29) is 6.67 Å². The van der Waals surface area contributed by atoms with Gasteiger partial charge in [-0.1, -0.05) is 0 Å². The Morgan fingerprint density at radius 1 is 1.43 bits per heavy atom. The van der Waals surface area contributed by atoms with E-state index in [0.717, 1.165) is 4.57 Å². The molecule has 0 unspecified atom stereocenters. The maximum absolute atomic E-state index is 13.1. The molecule has 0 saturated carbocycles. The lowest BCUT2D eigenvalue weighted by atomic mass is 10.3. The van der Waals surface area contributed by atoms with Gasteiger partial charge in [0, 0.05) is 4.47 Å². The molecular formula is C8H6BrF2N3. The highest BCUT2D eigenvalue weighted by Crippen LogP contribution is 2.25. The van der Waals surface area contributed by atoms with E-state index < -0.39 is 11.9 Å². The topological polar surface area (TPSA) is 43.8 Å². The summed E-state index contributed by atoms with van der Waals surface area (Å²) in [5.41, 5.74) is 6.02. The first kappa shape index (κ1) is 9.54. The fourth-order valence-corrected chi connectivity index (χ4v) is 1.80. The second-order valence-electron chi connectivity index (χ2n) is 2.75. The van der Waals surface area contributed by atoms with Crippen molar-refractivity contribution in [1.82, 2.24) is 9.55 Å². The van der Waals surface area contributed by atoms with E-state index in [1.54, 1.807) is 0 Å². The third-order valence-corrected chi connectivity index (χ3v) is 2.51. The first-order valence-electron chi connectivity index (χ1n) is 3.84. The SMILES string of the molecule is NCn1c(F)nc2c(Br)cc(F)cc21. The molecule has 1 aromatic carbocycles. The number of imidazole rings is 1. The van der Waals surface area contributed by atoms with Crippen LogP contribution in [0.1, 0.15) is 0 Å². The van der Waals surface area contributed by atoms with Crippen molar-refractivity contribution in [2.24, 2.45) is 5.73 Å². The Labute approximate surface area is 86.7 Å². The molecule has 0 aliphatic rings. The average molecular weight is 262 g/mol. The molecule has 2 rings (SSSR count). The van der Waals surface area contributed by atoms with Crippen LogP contribution in [0.5, 0.6) is 0 Å². The molecule has 6 heteroatoms. The van der Waals surface area contributed by atoms with E-state index in [9.17, 15) is 8.78 Å². The number of nitrogens with two attached hydrogens (primary N) is 1. The zero-order valence-corrected chi connectivity index (χ0v) is 8.55. The molecule has 0 saturated heterocycles. The number of hydrogen-bond donors (Lipinski definition) is 1. The average Bonchev–Trinajstić information content (AvgIpc) is 2.41. The molecule has 3 nitrogen and oxygen atoms in total. The highest BCUT2D eigenvalue weighted by molar-refractivity contribution is 9.10. The summed E-state index contributed by atoms with van der Waals surface area (Å²) in [4.78, 5) is 3.63. The predicted molar refractivity (Wildman–Crippen MR) is 51.5 cm³/mol. The van der Waals surface area contributed by atoms with E-state index in [0.29, 0.717) is 15.5 Å². The van der Waals surface area contributed by atoms with E-state index in [1.807, 2.05) is 0 Å². The predicted octanol–water partition coefficient (Wildman–Crippen LogP) is 1.99. The first-order chi connectivity index (χ1) is 6.63. The largest absolute Gasteiger partial charge is 0.313 e.